The van der Waals surface area contributed by atoms with E-state index in [0.717, 1.165) is 0 Å². The number of hydrogen-bond donors (Lipinski definition) is 0. The van der Waals surface area contributed by atoms with Gasteiger partial charge in [0.15, 0.2) is 6.26 Å². The van der Waals surface area contributed by atoms with E-state index in [1.165, 1.54) is 0 Å². The highest BCUT2D eigenvalue weighted by atomic mass is 19.3. The molecule has 0 amide bonds. The lowest BCUT2D eigenvalue weighted by Crippen LogP contribution is -2.06. The maximum absolute atomic E-state index is 11.5. The summed E-state index contributed by atoms with van der Waals surface area (Å²) in [7, 11) is 0. The first kappa shape index (κ1) is 9.16. The van der Waals surface area contributed by atoms with Crippen LogP contribution < -0.4 is 0 Å². The average molecular weight is 176 g/mol. The summed E-state index contributed by atoms with van der Waals surface area (Å²) in [6.07, 6.45) is -1.08. The maximum atomic E-state index is 11.5. The lowest BCUT2D eigenvalue weighted by molar-refractivity contribution is -0.140. The van der Waals surface area contributed by atoms with Crippen LogP contribution in [0, 0.1) is 11.3 Å². The van der Waals surface area contributed by atoms with Gasteiger partial charge in [0, 0.05) is 0 Å². The summed E-state index contributed by atoms with van der Waals surface area (Å²) in [5.41, 5.74) is -0.0717. The first-order valence-electron chi connectivity index (χ1n) is 3.65. The van der Waals surface area contributed by atoms with Gasteiger partial charge >= 0.3 is 12.0 Å². The number of hydrogen-bond acceptors (Lipinski definition) is 2. The Morgan fingerprint density at radius 1 is 1.58 bits per heavy atom. The molecule has 68 valence electrons. The second-order valence-electron chi connectivity index (χ2n) is 3.59. The molecule has 1 atom stereocenters. The monoisotopic (exact) mass is 176 g/mol. The lowest BCUT2D eigenvalue weighted by Gasteiger charge is -1.99. The molecular weight excluding hydrogens is 166 g/mol. The molecule has 0 heterocycles. The van der Waals surface area contributed by atoms with Crippen molar-refractivity contribution in [2.75, 3.05) is 0 Å². The molecule has 1 fully saturated rings. The van der Waals surface area contributed by atoms with Gasteiger partial charge in [-0.25, -0.2) is 0 Å². The molecule has 1 rings (SSSR count). The highest BCUT2D eigenvalue weighted by Crippen LogP contribution is 2.52. The van der Waals surface area contributed by atoms with Crippen molar-refractivity contribution in [3.05, 3.63) is 12.3 Å². The molecule has 1 saturated carbocycles. The van der Waals surface area contributed by atoms with Gasteiger partial charge in [0.1, 0.15) is 0 Å². The summed E-state index contributed by atoms with van der Waals surface area (Å²) >= 11 is 0. The van der Waals surface area contributed by atoms with Crippen molar-refractivity contribution in [2.45, 2.75) is 20.3 Å². The predicted octanol–water partition coefficient (Wildman–Crippen LogP) is 2.31. The van der Waals surface area contributed by atoms with Crippen LogP contribution in [-0.4, -0.2) is 5.97 Å². The second kappa shape index (κ2) is 2.84. The predicted molar refractivity (Wildman–Crippen MR) is 38.3 cm³/mol. The van der Waals surface area contributed by atoms with E-state index in [0.29, 0.717) is 6.42 Å². The smallest absolute Gasteiger partial charge is 0.314 e. The minimum Gasteiger partial charge on any atom is -0.429 e. The van der Waals surface area contributed by atoms with Gasteiger partial charge in [0.25, 0.3) is 0 Å². The topological polar surface area (TPSA) is 26.3 Å². The largest absolute Gasteiger partial charge is 0.429 e. The highest BCUT2D eigenvalue weighted by molar-refractivity contribution is 5.77. The van der Waals surface area contributed by atoms with E-state index in [1.807, 2.05) is 13.8 Å². The van der Waals surface area contributed by atoms with Crippen LogP contribution in [0.1, 0.15) is 20.3 Å². The Labute approximate surface area is 69.2 Å². The molecule has 0 bridgehead atoms. The van der Waals surface area contributed by atoms with Crippen LogP contribution in [0.3, 0.4) is 0 Å². The summed E-state index contributed by atoms with van der Waals surface area (Å²) in [5, 5.41) is 0. The Balaban J connectivity index is 2.37. The van der Waals surface area contributed by atoms with Crippen LogP contribution in [0.4, 0.5) is 8.78 Å². The minimum absolute atomic E-state index is 0.0717. The van der Waals surface area contributed by atoms with E-state index < -0.39 is 12.0 Å². The van der Waals surface area contributed by atoms with Crippen molar-refractivity contribution in [3.63, 3.8) is 0 Å². The molecule has 1 unspecified atom stereocenters. The first-order valence-corrected chi connectivity index (χ1v) is 3.65. The third-order valence-corrected chi connectivity index (χ3v) is 2.06. The Morgan fingerprint density at radius 2 is 2.08 bits per heavy atom. The normalized spacial score (nSPS) is 24.5. The number of rotatable bonds is 2. The molecule has 0 aromatic rings. The summed E-state index contributed by atoms with van der Waals surface area (Å²) in [5.74, 6) is -0.777. The van der Waals surface area contributed by atoms with Crippen LogP contribution in [0.5, 0.6) is 0 Å². The summed E-state index contributed by atoms with van der Waals surface area (Å²) in [6.45, 7) is 3.79. The van der Waals surface area contributed by atoms with E-state index in [-0.39, 0.29) is 17.6 Å². The Morgan fingerprint density at radius 3 is 2.42 bits per heavy atom. The van der Waals surface area contributed by atoms with E-state index >= 15 is 0 Å². The zero-order chi connectivity index (χ0) is 9.35. The molecule has 0 aliphatic heterocycles. The van der Waals surface area contributed by atoms with Crippen molar-refractivity contribution in [2.24, 2.45) is 11.3 Å². The Hall–Kier alpha value is -0.930. The van der Waals surface area contributed by atoms with Crippen molar-refractivity contribution in [1.82, 2.24) is 0 Å². The highest BCUT2D eigenvalue weighted by Gasteiger charge is 2.51. The molecule has 0 radical (unpaired) electrons. The van der Waals surface area contributed by atoms with Crippen molar-refractivity contribution >= 4 is 5.97 Å². The number of ether oxygens (including phenoxy) is 1. The second-order valence-corrected chi connectivity index (χ2v) is 3.59. The molecule has 12 heavy (non-hydrogen) atoms. The fraction of sp³-hybridized carbons (Fsp3) is 0.625. The van der Waals surface area contributed by atoms with Crippen LogP contribution in [0.15, 0.2) is 12.3 Å². The molecule has 0 spiro atoms. The van der Waals surface area contributed by atoms with Gasteiger partial charge in [0.2, 0.25) is 0 Å². The molecule has 2 nitrogen and oxygen atoms in total. The van der Waals surface area contributed by atoms with E-state index in [4.69, 9.17) is 0 Å². The molecule has 1 aliphatic carbocycles. The van der Waals surface area contributed by atoms with Gasteiger partial charge in [-0.3, -0.25) is 4.79 Å². The number of carbonyl (C=O) groups excluding carboxylic acids is 1. The standard InChI is InChI=1S/C8H10F2O2/c1-8(2)3-5(8)7(11)12-4-6(9)10/h4-5H,3H2,1-2H3. The van der Waals surface area contributed by atoms with Crippen LogP contribution >= 0.6 is 0 Å². The quantitative estimate of drug-likeness (QED) is 0.476. The summed E-state index contributed by atoms with van der Waals surface area (Å²) in [4.78, 5) is 10.9. The third-order valence-electron chi connectivity index (χ3n) is 2.06. The Bertz CT molecular complexity index is 229. The van der Waals surface area contributed by atoms with Crippen molar-refractivity contribution < 1.29 is 18.3 Å². The zero-order valence-electron chi connectivity index (χ0n) is 6.93. The first-order chi connectivity index (χ1) is 5.43. The van der Waals surface area contributed by atoms with Crippen molar-refractivity contribution in [3.8, 4) is 0 Å². The van der Waals surface area contributed by atoms with Gasteiger partial charge in [-0.05, 0) is 11.8 Å². The van der Waals surface area contributed by atoms with E-state index in [2.05, 4.69) is 4.74 Å². The van der Waals surface area contributed by atoms with Gasteiger partial charge in [-0.1, -0.05) is 13.8 Å². The number of carbonyl (C=O) groups is 1. The fourth-order valence-corrected chi connectivity index (χ4v) is 1.05. The molecule has 4 heteroatoms. The zero-order valence-corrected chi connectivity index (χ0v) is 6.93. The summed E-state index contributed by atoms with van der Waals surface area (Å²) in [6, 6.07) is 0. The Kier molecular flexibility index (Phi) is 2.17. The summed E-state index contributed by atoms with van der Waals surface area (Å²) < 4.78 is 27.1. The van der Waals surface area contributed by atoms with Crippen molar-refractivity contribution in [1.29, 1.82) is 0 Å². The van der Waals surface area contributed by atoms with Gasteiger partial charge in [0.05, 0.1) is 5.92 Å². The fourth-order valence-electron chi connectivity index (χ4n) is 1.05. The van der Waals surface area contributed by atoms with E-state index in [1.54, 1.807) is 0 Å². The van der Waals surface area contributed by atoms with Crippen LogP contribution in [0.2, 0.25) is 0 Å². The average Bonchev–Trinajstić information content (AvgIpc) is 2.55. The lowest BCUT2D eigenvalue weighted by atomic mass is 10.1. The number of halogens is 2. The molecule has 1 aliphatic rings. The van der Waals surface area contributed by atoms with Gasteiger partial charge < -0.3 is 4.74 Å². The van der Waals surface area contributed by atoms with Gasteiger partial charge in [-0.15, -0.1) is 0 Å². The minimum atomic E-state index is -1.98. The molecular formula is C8H10F2O2. The number of esters is 1. The van der Waals surface area contributed by atoms with E-state index in [9.17, 15) is 13.6 Å². The SMILES string of the molecule is CC1(C)CC1C(=O)OC=C(F)F. The van der Waals surface area contributed by atoms with Crippen LogP contribution in [0.25, 0.3) is 0 Å². The molecule has 0 aromatic carbocycles. The molecule has 0 N–H and O–H groups in total. The molecule has 0 saturated heterocycles. The molecule has 0 aromatic heterocycles. The van der Waals surface area contributed by atoms with Gasteiger partial charge in [-0.2, -0.15) is 8.78 Å². The third kappa shape index (κ3) is 2.03. The maximum Gasteiger partial charge on any atom is 0.314 e. The van der Waals surface area contributed by atoms with Crippen LogP contribution in [-0.2, 0) is 9.53 Å².